The van der Waals surface area contributed by atoms with E-state index in [-0.39, 0.29) is 5.82 Å². The van der Waals surface area contributed by atoms with Gasteiger partial charge >= 0.3 is 5.97 Å². The fourth-order valence-electron chi connectivity index (χ4n) is 0.433. The number of H-pyrrole nitrogens is 1. The van der Waals surface area contributed by atoms with E-state index in [2.05, 4.69) is 20.7 Å². The number of carbonyl (C=O) groups excluding carboxylic acids is 1. The molecule has 48 valence electrons. The van der Waals surface area contributed by atoms with Crippen LogP contribution in [0.4, 0.5) is 0 Å². The van der Waals surface area contributed by atoms with Gasteiger partial charge in [0.2, 0.25) is 5.82 Å². The zero-order valence-corrected chi connectivity index (χ0v) is 4.50. The second-order valence-corrected chi connectivity index (χ2v) is 1.34. The number of imidazole rings is 1. The van der Waals surface area contributed by atoms with E-state index in [0.717, 1.165) is 0 Å². The summed E-state index contributed by atoms with van der Waals surface area (Å²) in [6.07, 6.45) is 2.94. The van der Waals surface area contributed by atoms with Gasteiger partial charge in [0.05, 0.1) is 0 Å². The van der Waals surface area contributed by atoms with Gasteiger partial charge < -0.3 is 9.82 Å². The Labute approximate surface area is 50.8 Å². The molecule has 1 heterocycles. The summed E-state index contributed by atoms with van der Waals surface area (Å²) in [5, 5.41) is 0. The Balaban J connectivity index is 2.77. The highest BCUT2D eigenvalue weighted by Crippen LogP contribution is 1.87. The minimum Gasteiger partial charge on any atom is -0.367 e. The summed E-state index contributed by atoms with van der Waals surface area (Å²) in [6, 6.07) is 0. The maximum Gasteiger partial charge on any atom is 0.392 e. The highest BCUT2D eigenvalue weighted by atomic mass is 16.7. The number of hydrogen-bond acceptors (Lipinski definition) is 4. The summed E-state index contributed by atoms with van der Waals surface area (Å²) in [4.78, 5) is 20.4. The van der Waals surface area contributed by atoms with Crippen molar-refractivity contribution >= 4 is 5.97 Å². The van der Waals surface area contributed by atoms with Gasteiger partial charge in [0.1, 0.15) is 0 Å². The molecule has 0 spiro atoms. The van der Waals surface area contributed by atoms with E-state index in [1.807, 2.05) is 0 Å². The van der Waals surface area contributed by atoms with Crippen LogP contribution < -0.4 is 5.90 Å². The lowest BCUT2D eigenvalue weighted by Crippen LogP contribution is -2.11. The molecule has 5 heteroatoms. The van der Waals surface area contributed by atoms with Gasteiger partial charge in [-0.1, -0.05) is 0 Å². The molecular formula is C4H5N3O2. The van der Waals surface area contributed by atoms with Crippen molar-refractivity contribution in [3.05, 3.63) is 18.2 Å². The average molecular weight is 127 g/mol. The van der Waals surface area contributed by atoms with Crippen molar-refractivity contribution in [3.63, 3.8) is 0 Å². The Hall–Kier alpha value is -1.36. The third-order valence-electron chi connectivity index (χ3n) is 0.799. The summed E-state index contributed by atoms with van der Waals surface area (Å²) in [6.45, 7) is 0. The zero-order valence-electron chi connectivity index (χ0n) is 4.50. The molecule has 0 atom stereocenters. The van der Waals surface area contributed by atoms with E-state index in [4.69, 9.17) is 0 Å². The Kier molecular flexibility index (Phi) is 1.46. The van der Waals surface area contributed by atoms with Gasteiger partial charge in [-0.2, -0.15) is 5.90 Å². The van der Waals surface area contributed by atoms with Gasteiger partial charge in [0.15, 0.2) is 0 Å². The molecule has 9 heavy (non-hydrogen) atoms. The van der Waals surface area contributed by atoms with Crippen molar-refractivity contribution < 1.29 is 9.63 Å². The Bertz CT molecular complexity index is 194. The minimum absolute atomic E-state index is 0.109. The van der Waals surface area contributed by atoms with E-state index in [1.54, 1.807) is 0 Å². The van der Waals surface area contributed by atoms with Gasteiger partial charge in [-0.15, -0.1) is 0 Å². The first-order valence-electron chi connectivity index (χ1n) is 2.25. The van der Waals surface area contributed by atoms with Crippen LogP contribution in [0.25, 0.3) is 0 Å². The molecule has 5 nitrogen and oxygen atoms in total. The van der Waals surface area contributed by atoms with Crippen LogP contribution in [0.2, 0.25) is 0 Å². The Morgan fingerprint density at radius 2 is 2.67 bits per heavy atom. The third kappa shape index (κ3) is 1.06. The second-order valence-electron chi connectivity index (χ2n) is 1.34. The molecule has 0 aromatic carbocycles. The molecule has 0 unspecified atom stereocenters. The Morgan fingerprint density at radius 1 is 1.89 bits per heavy atom. The Morgan fingerprint density at radius 3 is 3.11 bits per heavy atom. The number of nitrogens with zero attached hydrogens (tertiary/aromatic N) is 1. The monoisotopic (exact) mass is 127 g/mol. The van der Waals surface area contributed by atoms with Crippen molar-refractivity contribution in [1.82, 2.24) is 9.97 Å². The predicted octanol–water partition coefficient (Wildman–Crippen LogP) is -0.560. The first kappa shape index (κ1) is 5.77. The van der Waals surface area contributed by atoms with Gasteiger partial charge in [-0.05, 0) is 0 Å². The van der Waals surface area contributed by atoms with Crippen molar-refractivity contribution in [1.29, 1.82) is 0 Å². The molecule has 0 aliphatic carbocycles. The predicted molar refractivity (Wildman–Crippen MR) is 28.2 cm³/mol. The van der Waals surface area contributed by atoms with E-state index in [1.165, 1.54) is 12.4 Å². The molecule has 1 aromatic heterocycles. The summed E-state index contributed by atoms with van der Waals surface area (Å²) < 4.78 is 0. The smallest absolute Gasteiger partial charge is 0.367 e. The minimum atomic E-state index is -0.667. The summed E-state index contributed by atoms with van der Waals surface area (Å²) in [5.74, 6) is 4.00. The van der Waals surface area contributed by atoms with Crippen molar-refractivity contribution in [2.75, 3.05) is 0 Å². The molecule has 0 saturated carbocycles. The van der Waals surface area contributed by atoms with Crippen molar-refractivity contribution in [3.8, 4) is 0 Å². The number of carbonyl (C=O) groups is 1. The second kappa shape index (κ2) is 2.27. The molecule has 3 N–H and O–H groups in total. The van der Waals surface area contributed by atoms with Gasteiger partial charge in [0.25, 0.3) is 0 Å². The molecule has 1 rings (SSSR count). The average Bonchev–Trinajstić information content (AvgIpc) is 2.37. The number of hydrogen-bond donors (Lipinski definition) is 2. The molecule has 0 saturated heterocycles. The summed E-state index contributed by atoms with van der Waals surface area (Å²) in [7, 11) is 0. The van der Waals surface area contributed by atoms with Crippen LogP contribution in [-0.4, -0.2) is 15.9 Å². The van der Waals surface area contributed by atoms with Crippen LogP contribution in [0.15, 0.2) is 12.4 Å². The largest absolute Gasteiger partial charge is 0.392 e. The molecule has 1 aromatic rings. The molecule has 0 bridgehead atoms. The standard InChI is InChI=1S/C4H5N3O2/c5-9-4(8)3-6-1-2-7-3/h1-2H,5H2,(H,6,7). The first-order chi connectivity index (χ1) is 4.34. The van der Waals surface area contributed by atoms with Crippen LogP contribution in [0.5, 0.6) is 0 Å². The van der Waals surface area contributed by atoms with Crippen molar-refractivity contribution in [2.24, 2.45) is 5.90 Å². The van der Waals surface area contributed by atoms with E-state index >= 15 is 0 Å². The van der Waals surface area contributed by atoms with E-state index < -0.39 is 5.97 Å². The quantitative estimate of drug-likeness (QED) is 0.495. The third-order valence-corrected chi connectivity index (χ3v) is 0.799. The normalized spacial score (nSPS) is 9.00. The number of aromatic nitrogens is 2. The van der Waals surface area contributed by atoms with Gasteiger partial charge in [-0.25, -0.2) is 9.78 Å². The lowest BCUT2D eigenvalue weighted by molar-refractivity contribution is 0.0490. The molecule has 0 aliphatic rings. The number of nitrogens with two attached hydrogens (primary N) is 1. The topological polar surface area (TPSA) is 81.0 Å². The van der Waals surface area contributed by atoms with Crippen LogP contribution in [0, 0.1) is 0 Å². The van der Waals surface area contributed by atoms with E-state index in [9.17, 15) is 4.79 Å². The molecule has 0 aliphatic heterocycles. The highest BCUT2D eigenvalue weighted by Gasteiger charge is 2.05. The fraction of sp³-hybridized carbons (Fsp3) is 0. The van der Waals surface area contributed by atoms with Crippen molar-refractivity contribution in [2.45, 2.75) is 0 Å². The first-order valence-corrected chi connectivity index (χ1v) is 2.25. The zero-order chi connectivity index (χ0) is 6.69. The van der Waals surface area contributed by atoms with Gasteiger partial charge in [0, 0.05) is 12.4 Å². The maximum absolute atomic E-state index is 10.4. The van der Waals surface area contributed by atoms with E-state index in [0.29, 0.717) is 0 Å². The highest BCUT2D eigenvalue weighted by molar-refractivity contribution is 5.84. The van der Waals surface area contributed by atoms with Crippen LogP contribution in [0.3, 0.4) is 0 Å². The number of rotatable bonds is 1. The molecule has 0 fully saturated rings. The SMILES string of the molecule is NOC(=O)c1ncc[nH]1. The molecule has 0 radical (unpaired) electrons. The summed E-state index contributed by atoms with van der Waals surface area (Å²) >= 11 is 0. The lowest BCUT2D eigenvalue weighted by Gasteiger charge is -1.88. The fourth-order valence-corrected chi connectivity index (χ4v) is 0.433. The lowest BCUT2D eigenvalue weighted by atomic mass is 10.6. The number of aromatic amines is 1. The van der Waals surface area contributed by atoms with Crippen LogP contribution >= 0.6 is 0 Å². The number of nitrogens with one attached hydrogen (secondary N) is 1. The van der Waals surface area contributed by atoms with Gasteiger partial charge in [-0.3, -0.25) is 0 Å². The molecular weight excluding hydrogens is 122 g/mol. The summed E-state index contributed by atoms with van der Waals surface area (Å²) in [5.41, 5.74) is 0. The van der Waals surface area contributed by atoms with Crippen LogP contribution in [-0.2, 0) is 4.84 Å². The maximum atomic E-state index is 10.4. The molecule has 0 amide bonds. The van der Waals surface area contributed by atoms with Crippen LogP contribution in [0.1, 0.15) is 10.6 Å².